The van der Waals surface area contributed by atoms with E-state index in [1.54, 1.807) is 6.20 Å². The summed E-state index contributed by atoms with van der Waals surface area (Å²) in [6, 6.07) is 8.49. The minimum absolute atomic E-state index is 0.242. The highest BCUT2D eigenvalue weighted by atomic mass is 16.5. The maximum absolute atomic E-state index is 5.44. The first-order valence-electron chi connectivity index (χ1n) is 8.48. The van der Waals surface area contributed by atoms with Crippen LogP contribution in [0.5, 0.6) is 0 Å². The molecule has 0 saturated heterocycles. The van der Waals surface area contributed by atoms with Gasteiger partial charge in [-0.25, -0.2) is 0 Å². The molecular formula is C20H20N4O. The van der Waals surface area contributed by atoms with Crippen LogP contribution in [0.3, 0.4) is 0 Å². The summed E-state index contributed by atoms with van der Waals surface area (Å²) in [5.74, 6) is 1.55. The monoisotopic (exact) mass is 332 g/mol. The summed E-state index contributed by atoms with van der Waals surface area (Å²) in [4.78, 5) is 13.5. The third kappa shape index (κ3) is 2.76. The van der Waals surface area contributed by atoms with Gasteiger partial charge in [-0.05, 0) is 48.6 Å². The average molecular weight is 332 g/mol. The van der Waals surface area contributed by atoms with Gasteiger partial charge in [0.1, 0.15) is 0 Å². The molecule has 2 aromatic heterocycles. The van der Waals surface area contributed by atoms with Gasteiger partial charge in [-0.2, -0.15) is 4.98 Å². The van der Waals surface area contributed by atoms with Crippen LogP contribution in [0.25, 0.3) is 22.8 Å². The van der Waals surface area contributed by atoms with E-state index in [9.17, 15) is 0 Å². The van der Waals surface area contributed by atoms with Crippen LogP contribution in [-0.2, 0) is 0 Å². The van der Waals surface area contributed by atoms with Crippen LogP contribution in [0.4, 0.5) is 0 Å². The zero-order valence-electron chi connectivity index (χ0n) is 14.8. The molecule has 3 heterocycles. The van der Waals surface area contributed by atoms with E-state index in [1.807, 2.05) is 32.2 Å². The highest BCUT2D eigenvalue weighted by molar-refractivity contribution is 5.87. The van der Waals surface area contributed by atoms with E-state index in [0.29, 0.717) is 17.6 Å². The summed E-state index contributed by atoms with van der Waals surface area (Å²) in [5, 5.41) is 4.14. The number of hydrogen-bond donors (Lipinski definition) is 0. The summed E-state index contributed by atoms with van der Waals surface area (Å²) in [6.07, 6.45) is 3.71. The molecule has 25 heavy (non-hydrogen) atoms. The van der Waals surface area contributed by atoms with Crippen LogP contribution in [-0.4, -0.2) is 21.3 Å². The largest absolute Gasteiger partial charge is 0.334 e. The third-order valence-electron chi connectivity index (χ3n) is 4.68. The molecular weight excluding hydrogens is 312 g/mol. The molecule has 1 aliphatic heterocycles. The van der Waals surface area contributed by atoms with E-state index >= 15 is 0 Å². The van der Waals surface area contributed by atoms with Crippen molar-refractivity contribution in [3.63, 3.8) is 0 Å². The van der Waals surface area contributed by atoms with Gasteiger partial charge in [-0.3, -0.25) is 9.98 Å². The molecule has 0 amide bonds. The Morgan fingerprint density at radius 2 is 1.92 bits per heavy atom. The molecule has 1 unspecified atom stereocenters. The number of fused-ring (bicyclic) bond motifs is 1. The predicted molar refractivity (Wildman–Crippen MR) is 97.6 cm³/mol. The van der Waals surface area contributed by atoms with Crippen molar-refractivity contribution in [1.82, 2.24) is 15.1 Å². The topological polar surface area (TPSA) is 64.2 Å². The number of rotatable bonds is 3. The van der Waals surface area contributed by atoms with Gasteiger partial charge < -0.3 is 4.52 Å². The standard InChI is InChI=1S/C20H20N4O/c1-11(2)18-17-6-5-14(8-15(17)9-22-18)19-23-20(25-24-19)16-7-12(3)13(4)21-10-16/h5-11,18H,1-4H3. The van der Waals surface area contributed by atoms with Crippen LogP contribution < -0.4 is 0 Å². The fourth-order valence-corrected chi connectivity index (χ4v) is 3.09. The Labute approximate surface area is 146 Å². The number of hydrogen-bond acceptors (Lipinski definition) is 5. The fraction of sp³-hybridized carbons (Fsp3) is 0.300. The van der Waals surface area contributed by atoms with E-state index in [-0.39, 0.29) is 6.04 Å². The van der Waals surface area contributed by atoms with Crippen LogP contribution in [0.2, 0.25) is 0 Å². The molecule has 0 N–H and O–H groups in total. The highest BCUT2D eigenvalue weighted by Crippen LogP contribution is 2.34. The van der Waals surface area contributed by atoms with E-state index in [0.717, 1.165) is 27.9 Å². The Balaban J connectivity index is 1.67. The third-order valence-corrected chi connectivity index (χ3v) is 4.68. The molecule has 1 atom stereocenters. The Hall–Kier alpha value is -2.82. The van der Waals surface area contributed by atoms with Crippen molar-refractivity contribution in [1.29, 1.82) is 0 Å². The van der Waals surface area contributed by atoms with Gasteiger partial charge in [0.05, 0.1) is 11.6 Å². The second kappa shape index (κ2) is 5.92. The lowest BCUT2D eigenvalue weighted by Crippen LogP contribution is -2.01. The van der Waals surface area contributed by atoms with Crippen LogP contribution >= 0.6 is 0 Å². The van der Waals surface area contributed by atoms with Gasteiger partial charge in [0.2, 0.25) is 5.82 Å². The van der Waals surface area contributed by atoms with Crippen molar-refractivity contribution in [2.24, 2.45) is 10.9 Å². The second-order valence-corrected chi connectivity index (χ2v) is 6.86. The molecule has 4 rings (SSSR count). The van der Waals surface area contributed by atoms with Gasteiger partial charge in [-0.15, -0.1) is 0 Å². The van der Waals surface area contributed by atoms with Crippen molar-refractivity contribution in [3.8, 4) is 22.8 Å². The minimum Gasteiger partial charge on any atom is -0.334 e. The smallest absolute Gasteiger partial charge is 0.259 e. The molecule has 1 aromatic carbocycles. The summed E-state index contributed by atoms with van der Waals surface area (Å²) in [5.41, 5.74) is 6.27. The molecule has 0 bridgehead atoms. The summed E-state index contributed by atoms with van der Waals surface area (Å²) in [6.45, 7) is 8.38. The predicted octanol–water partition coefficient (Wildman–Crippen LogP) is 4.55. The molecule has 0 aliphatic carbocycles. The van der Waals surface area contributed by atoms with Gasteiger partial charge in [-0.1, -0.05) is 31.1 Å². The number of aryl methyl sites for hydroxylation is 2. The Morgan fingerprint density at radius 1 is 1.08 bits per heavy atom. The molecule has 5 heteroatoms. The van der Waals surface area contributed by atoms with E-state index in [4.69, 9.17) is 4.52 Å². The normalized spacial score (nSPS) is 15.8. The molecule has 5 nitrogen and oxygen atoms in total. The van der Waals surface area contributed by atoms with Crippen LogP contribution in [0.15, 0.2) is 40.0 Å². The van der Waals surface area contributed by atoms with E-state index < -0.39 is 0 Å². The molecule has 3 aromatic rings. The highest BCUT2D eigenvalue weighted by Gasteiger charge is 2.22. The average Bonchev–Trinajstić information content (AvgIpc) is 3.23. The number of benzene rings is 1. The first kappa shape index (κ1) is 15.7. The van der Waals surface area contributed by atoms with Gasteiger partial charge in [0.25, 0.3) is 5.89 Å². The lowest BCUT2D eigenvalue weighted by atomic mass is 9.94. The van der Waals surface area contributed by atoms with Crippen molar-refractivity contribution in [2.75, 3.05) is 0 Å². The van der Waals surface area contributed by atoms with Gasteiger partial charge >= 0.3 is 0 Å². The first-order valence-corrected chi connectivity index (χ1v) is 8.48. The van der Waals surface area contributed by atoms with Crippen LogP contribution in [0, 0.1) is 19.8 Å². The summed E-state index contributed by atoms with van der Waals surface area (Å²) >= 11 is 0. The zero-order valence-corrected chi connectivity index (χ0v) is 14.8. The number of pyridine rings is 1. The van der Waals surface area contributed by atoms with E-state index in [2.05, 4.69) is 46.1 Å². The zero-order chi connectivity index (χ0) is 17.6. The maximum Gasteiger partial charge on any atom is 0.259 e. The Bertz CT molecular complexity index is 972. The molecule has 126 valence electrons. The van der Waals surface area contributed by atoms with Gasteiger partial charge in [0.15, 0.2) is 0 Å². The van der Waals surface area contributed by atoms with Crippen molar-refractivity contribution >= 4 is 6.21 Å². The maximum atomic E-state index is 5.44. The van der Waals surface area contributed by atoms with Crippen molar-refractivity contribution in [2.45, 2.75) is 33.7 Å². The molecule has 0 fully saturated rings. The lowest BCUT2D eigenvalue weighted by molar-refractivity contribution is 0.432. The van der Waals surface area contributed by atoms with E-state index in [1.165, 1.54) is 5.56 Å². The molecule has 0 radical (unpaired) electrons. The fourth-order valence-electron chi connectivity index (χ4n) is 3.09. The SMILES string of the molecule is Cc1cc(-c2nc(-c3ccc4c(c3)C=NC4C(C)C)no2)cnc1C. The Kier molecular flexibility index (Phi) is 3.71. The van der Waals surface area contributed by atoms with Crippen molar-refractivity contribution in [3.05, 3.63) is 52.8 Å². The van der Waals surface area contributed by atoms with Crippen LogP contribution in [0.1, 0.15) is 42.3 Å². The van der Waals surface area contributed by atoms with Gasteiger partial charge in [0, 0.05) is 23.7 Å². The summed E-state index contributed by atoms with van der Waals surface area (Å²) < 4.78 is 5.44. The first-order chi connectivity index (χ1) is 12.0. The molecule has 0 saturated carbocycles. The number of aromatic nitrogens is 3. The molecule has 0 spiro atoms. The second-order valence-electron chi connectivity index (χ2n) is 6.86. The summed E-state index contributed by atoms with van der Waals surface area (Å²) in [7, 11) is 0. The molecule has 1 aliphatic rings. The quantitative estimate of drug-likeness (QED) is 0.706. The minimum atomic E-state index is 0.242. The Morgan fingerprint density at radius 3 is 2.68 bits per heavy atom. The van der Waals surface area contributed by atoms with Crippen molar-refractivity contribution < 1.29 is 4.52 Å². The number of nitrogens with zero attached hydrogens (tertiary/aromatic N) is 4. The lowest BCUT2D eigenvalue weighted by Gasteiger charge is -2.13. The number of aliphatic imine (C=N–C) groups is 1.